The lowest BCUT2D eigenvalue weighted by molar-refractivity contribution is 0.325. The Morgan fingerprint density at radius 2 is 2.60 bits per heavy atom. The molecule has 1 aliphatic heterocycles. The SMILES string of the molecule is CNN1C=C(CCl)C=CC1. The summed E-state index contributed by atoms with van der Waals surface area (Å²) in [5.41, 5.74) is 4.16. The minimum absolute atomic E-state index is 0.578. The second kappa shape index (κ2) is 3.64. The molecule has 56 valence electrons. The molecule has 0 saturated heterocycles. The number of hydrogen-bond donors (Lipinski definition) is 1. The molecule has 0 spiro atoms. The molecule has 10 heavy (non-hydrogen) atoms. The van der Waals surface area contributed by atoms with Crippen LogP contribution in [0.15, 0.2) is 23.9 Å². The van der Waals surface area contributed by atoms with Gasteiger partial charge in [-0.25, -0.2) is 5.43 Å². The third-order valence-electron chi connectivity index (χ3n) is 1.40. The van der Waals surface area contributed by atoms with Crippen LogP contribution in [0.2, 0.25) is 0 Å². The summed E-state index contributed by atoms with van der Waals surface area (Å²) in [7, 11) is 1.89. The van der Waals surface area contributed by atoms with Crippen molar-refractivity contribution in [1.29, 1.82) is 0 Å². The van der Waals surface area contributed by atoms with E-state index >= 15 is 0 Å². The third-order valence-corrected chi connectivity index (χ3v) is 1.71. The number of halogens is 1. The van der Waals surface area contributed by atoms with E-state index in [0.29, 0.717) is 5.88 Å². The second-order valence-electron chi connectivity index (χ2n) is 2.12. The number of hydrazine groups is 1. The predicted molar refractivity (Wildman–Crippen MR) is 43.7 cm³/mol. The lowest BCUT2D eigenvalue weighted by atomic mass is 10.2. The molecule has 0 aromatic heterocycles. The summed E-state index contributed by atoms with van der Waals surface area (Å²) in [6.45, 7) is 0.914. The molecule has 1 aliphatic rings. The van der Waals surface area contributed by atoms with E-state index in [1.807, 2.05) is 24.3 Å². The van der Waals surface area contributed by atoms with E-state index in [1.165, 1.54) is 0 Å². The van der Waals surface area contributed by atoms with Gasteiger partial charge in [0.15, 0.2) is 0 Å². The maximum absolute atomic E-state index is 5.63. The van der Waals surface area contributed by atoms with E-state index in [1.54, 1.807) is 0 Å². The summed E-state index contributed by atoms with van der Waals surface area (Å²) in [6, 6.07) is 0. The Morgan fingerprint density at radius 1 is 1.80 bits per heavy atom. The Hall–Kier alpha value is -0.470. The van der Waals surface area contributed by atoms with Crippen molar-refractivity contribution in [3.8, 4) is 0 Å². The highest BCUT2D eigenvalue weighted by molar-refractivity contribution is 6.19. The first-order valence-corrected chi connectivity index (χ1v) is 3.77. The van der Waals surface area contributed by atoms with Crippen molar-refractivity contribution in [3.05, 3.63) is 23.9 Å². The lowest BCUT2D eigenvalue weighted by Gasteiger charge is -2.20. The molecule has 0 aromatic rings. The molecule has 0 unspecified atom stereocenters. The van der Waals surface area contributed by atoms with Crippen LogP contribution in [0.5, 0.6) is 0 Å². The first kappa shape index (κ1) is 7.63. The molecule has 0 bridgehead atoms. The maximum atomic E-state index is 5.63. The van der Waals surface area contributed by atoms with Gasteiger partial charge in [0, 0.05) is 19.1 Å². The zero-order valence-corrected chi connectivity index (χ0v) is 6.73. The van der Waals surface area contributed by atoms with Gasteiger partial charge in [-0.15, -0.1) is 11.6 Å². The fourth-order valence-electron chi connectivity index (χ4n) is 0.848. The van der Waals surface area contributed by atoms with Gasteiger partial charge in [-0.2, -0.15) is 0 Å². The van der Waals surface area contributed by atoms with Crippen LogP contribution in [-0.4, -0.2) is 24.5 Å². The zero-order chi connectivity index (χ0) is 7.40. The number of hydrogen-bond acceptors (Lipinski definition) is 2. The molecular weight excluding hydrogens is 148 g/mol. The number of rotatable bonds is 2. The third kappa shape index (κ3) is 1.75. The Balaban J connectivity index is 2.56. The van der Waals surface area contributed by atoms with Crippen molar-refractivity contribution >= 4 is 11.6 Å². The van der Waals surface area contributed by atoms with Gasteiger partial charge in [-0.1, -0.05) is 12.2 Å². The first-order chi connectivity index (χ1) is 4.86. The van der Waals surface area contributed by atoms with Gasteiger partial charge in [0.2, 0.25) is 0 Å². The van der Waals surface area contributed by atoms with E-state index in [-0.39, 0.29) is 0 Å². The number of nitrogens with zero attached hydrogens (tertiary/aromatic N) is 1. The van der Waals surface area contributed by atoms with Crippen LogP contribution in [-0.2, 0) is 0 Å². The molecule has 1 rings (SSSR count). The fourth-order valence-corrected chi connectivity index (χ4v) is 1.01. The number of alkyl halides is 1. The lowest BCUT2D eigenvalue weighted by Crippen LogP contribution is -2.31. The van der Waals surface area contributed by atoms with Crippen LogP contribution in [0.3, 0.4) is 0 Å². The first-order valence-electron chi connectivity index (χ1n) is 3.24. The van der Waals surface area contributed by atoms with E-state index < -0.39 is 0 Å². The standard InChI is InChI=1S/C7H11ClN2/c1-9-10-4-2-3-7(5-8)6-10/h2-3,6,9H,4-5H2,1H3. The molecule has 0 aromatic carbocycles. The van der Waals surface area contributed by atoms with Gasteiger partial charge < -0.3 is 5.01 Å². The van der Waals surface area contributed by atoms with Gasteiger partial charge in [-0.05, 0) is 5.57 Å². The Kier molecular flexibility index (Phi) is 2.78. The van der Waals surface area contributed by atoms with E-state index in [9.17, 15) is 0 Å². The van der Waals surface area contributed by atoms with E-state index in [4.69, 9.17) is 11.6 Å². The van der Waals surface area contributed by atoms with Crippen molar-refractivity contribution in [3.63, 3.8) is 0 Å². The minimum atomic E-state index is 0.578. The Morgan fingerprint density at radius 3 is 3.20 bits per heavy atom. The summed E-state index contributed by atoms with van der Waals surface area (Å²) < 4.78 is 0. The topological polar surface area (TPSA) is 15.3 Å². The summed E-state index contributed by atoms with van der Waals surface area (Å²) in [5.74, 6) is 0.578. The minimum Gasteiger partial charge on any atom is -0.312 e. The predicted octanol–water partition coefficient (Wildman–Crippen LogP) is 1.12. The second-order valence-corrected chi connectivity index (χ2v) is 2.38. The highest BCUT2D eigenvalue weighted by Crippen LogP contribution is 2.06. The summed E-state index contributed by atoms with van der Waals surface area (Å²) in [4.78, 5) is 0. The van der Waals surface area contributed by atoms with Crippen LogP contribution in [0.1, 0.15) is 0 Å². The summed E-state index contributed by atoms with van der Waals surface area (Å²) >= 11 is 5.63. The highest BCUT2D eigenvalue weighted by atomic mass is 35.5. The number of nitrogens with one attached hydrogen (secondary N) is 1. The van der Waals surface area contributed by atoms with Crippen LogP contribution in [0.25, 0.3) is 0 Å². The Labute approximate surface area is 66.1 Å². The summed E-state index contributed by atoms with van der Waals surface area (Å²) in [5, 5.41) is 1.98. The largest absolute Gasteiger partial charge is 0.312 e. The smallest absolute Gasteiger partial charge is 0.0521 e. The molecule has 1 heterocycles. The van der Waals surface area contributed by atoms with Crippen LogP contribution >= 0.6 is 11.6 Å². The van der Waals surface area contributed by atoms with Crippen molar-refractivity contribution in [2.45, 2.75) is 0 Å². The van der Waals surface area contributed by atoms with Gasteiger partial charge in [0.25, 0.3) is 0 Å². The van der Waals surface area contributed by atoms with E-state index in [0.717, 1.165) is 12.1 Å². The van der Waals surface area contributed by atoms with Gasteiger partial charge in [-0.3, -0.25) is 0 Å². The van der Waals surface area contributed by atoms with Crippen molar-refractivity contribution in [1.82, 2.24) is 10.4 Å². The molecule has 0 amide bonds. The van der Waals surface area contributed by atoms with Crippen LogP contribution in [0.4, 0.5) is 0 Å². The normalized spacial score (nSPS) is 17.4. The van der Waals surface area contributed by atoms with Crippen LogP contribution < -0.4 is 5.43 Å². The van der Waals surface area contributed by atoms with Crippen molar-refractivity contribution in [2.75, 3.05) is 19.5 Å². The molecular formula is C7H11ClN2. The van der Waals surface area contributed by atoms with Gasteiger partial charge >= 0.3 is 0 Å². The Bertz CT molecular complexity index is 163. The molecule has 0 radical (unpaired) electrons. The molecule has 0 aliphatic carbocycles. The maximum Gasteiger partial charge on any atom is 0.0521 e. The van der Waals surface area contributed by atoms with Crippen molar-refractivity contribution in [2.24, 2.45) is 0 Å². The summed E-state index contributed by atoms with van der Waals surface area (Å²) in [6.07, 6.45) is 6.13. The molecule has 0 fully saturated rings. The van der Waals surface area contributed by atoms with Gasteiger partial charge in [0.1, 0.15) is 0 Å². The monoisotopic (exact) mass is 158 g/mol. The highest BCUT2D eigenvalue weighted by Gasteiger charge is 2.00. The quantitative estimate of drug-likeness (QED) is 0.606. The van der Waals surface area contributed by atoms with E-state index in [2.05, 4.69) is 11.5 Å². The molecule has 0 atom stereocenters. The molecule has 1 N–H and O–H groups in total. The average Bonchev–Trinajstić information content (AvgIpc) is 2.05. The van der Waals surface area contributed by atoms with Crippen molar-refractivity contribution < 1.29 is 0 Å². The fraction of sp³-hybridized carbons (Fsp3) is 0.429. The molecule has 0 saturated carbocycles. The average molecular weight is 159 g/mol. The van der Waals surface area contributed by atoms with Gasteiger partial charge in [0.05, 0.1) is 6.54 Å². The molecule has 3 heteroatoms. The van der Waals surface area contributed by atoms with Crippen LogP contribution in [0, 0.1) is 0 Å². The molecule has 2 nitrogen and oxygen atoms in total. The zero-order valence-electron chi connectivity index (χ0n) is 5.97. The number of allylic oxidation sites excluding steroid dienone is 2.